The maximum atomic E-state index is 12.4. The van der Waals surface area contributed by atoms with Crippen LogP contribution in [0.2, 0.25) is 0 Å². The summed E-state index contributed by atoms with van der Waals surface area (Å²) in [5.41, 5.74) is 2.11. The van der Waals surface area contributed by atoms with Gasteiger partial charge in [0.2, 0.25) is 5.91 Å². The van der Waals surface area contributed by atoms with E-state index in [1.165, 1.54) is 9.08 Å². The first-order valence-corrected chi connectivity index (χ1v) is 9.33. The molecule has 3 aromatic rings. The summed E-state index contributed by atoms with van der Waals surface area (Å²) in [7, 11) is 0. The van der Waals surface area contributed by atoms with Gasteiger partial charge in [-0.2, -0.15) is 0 Å². The third-order valence-electron chi connectivity index (χ3n) is 4.97. The van der Waals surface area contributed by atoms with Gasteiger partial charge in [-0.05, 0) is 61.7 Å². The Labute approximate surface area is 169 Å². The molecule has 1 atom stereocenters. The van der Waals surface area contributed by atoms with Gasteiger partial charge in [0.25, 0.3) is 0 Å². The molecule has 4 rings (SSSR count). The molecule has 148 valence electrons. The fraction of sp³-hybridized carbons (Fsp3) is 0.350. The topological polar surface area (TPSA) is 80.4 Å². The van der Waals surface area contributed by atoms with Crippen LogP contribution in [0.15, 0.2) is 53.5 Å². The SMILES string of the molecule is Cl.O=C(CCC1CCNC1)Nc1cccc(Cn2nc3ccccn3c2=O)c1. The van der Waals surface area contributed by atoms with Crippen molar-refractivity contribution in [3.63, 3.8) is 0 Å². The summed E-state index contributed by atoms with van der Waals surface area (Å²) in [6.45, 7) is 2.42. The molecule has 1 aliphatic heterocycles. The van der Waals surface area contributed by atoms with E-state index < -0.39 is 0 Å². The highest BCUT2D eigenvalue weighted by molar-refractivity contribution is 5.90. The van der Waals surface area contributed by atoms with Gasteiger partial charge in [-0.3, -0.25) is 9.20 Å². The molecule has 0 aliphatic carbocycles. The fourth-order valence-electron chi connectivity index (χ4n) is 3.51. The summed E-state index contributed by atoms with van der Waals surface area (Å²) in [6.07, 6.45) is 4.30. The molecular weight excluding hydrogens is 378 g/mol. The van der Waals surface area contributed by atoms with Crippen LogP contribution in [0.5, 0.6) is 0 Å². The summed E-state index contributed by atoms with van der Waals surface area (Å²) in [5.74, 6) is 0.632. The van der Waals surface area contributed by atoms with E-state index in [1.807, 2.05) is 30.3 Å². The summed E-state index contributed by atoms with van der Waals surface area (Å²) in [6, 6.07) is 13.0. The number of nitrogens with one attached hydrogen (secondary N) is 2. The van der Waals surface area contributed by atoms with Crippen molar-refractivity contribution in [2.24, 2.45) is 5.92 Å². The fourth-order valence-corrected chi connectivity index (χ4v) is 3.51. The number of hydrogen-bond donors (Lipinski definition) is 2. The van der Waals surface area contributed by atoms with Crippen LogP contribution in [0.1, 0.15) is 24.8 Å². The predicted octanol–water partition coefficient (Wildman–Crippen LogP) is 2.29. The van der Waals surface area contributed by atoms with E-state index in [1.54, 1.807) is 18.3 Å². The van der Waals surface area contributed by atoms with E-state index >= 15 is 0 Å². The van der Waals surface area contributed by atoms with Crippen molar-refractivity contribution < 1.29 is 4.79 Å². The van der Waals surface area contributed by atoms with Crippen molar-refractivity contribution in [2.45, 2.75) is 25.8 Å². The quantitative estimate of drug-likeness (QED) is 0.664. The second kappa shape index (κ2) is 9.03. The lowest BCUT2D eigenvalue weighted by Gasteiger charge is -2.10. The van der Waals surface area contributed by atoms with E-state index in [4.69, 9.17) is 0 Å². The van der Waals surface area contributed by atoms with E-state index in [0.717, 1.165) is 37.2 Å². The Kier molecular flexibility index (Phi) is 6.49. The molecule has 28 heavy (non-hydrogen) atoms. The zero-order chi connectivity index (χ0) is 18.6. The van der Waals surface area contributed by atoms with E-state index in [0.29, 0.717) is 24.5 Å². The minimum atomic E-state index is -0.176. The summed E-state index contributed by atoms with van der Waals surface area (Å²) < 4.78 is 2.95. The first-order chi connectivity index (χ1) is 13.2. The smallest absolute Gasteiger partial charge is 0.326 e. The number of amides is 1. The van der Waals surface area contributed by atoms with Crippen LogP contribution in [-0.2, 0) is 11.3 Å². The first kappa shape index (κ1) is 20.1. The number of hydrogen-bond acceptors (Lipinski definition) is 4. The largest absolute Gasteiger partial charge is 0.350 e. The third-order valence-corrected chi connectivity index (χ3v) is 4.97. The molecule has 0 saturated carbocycles. The molecule has 0 bridgehead atoms. The zero-order valence-electron chi connectivity index (χ0n) is 15.5. The lowest BCUT2D eigenvalue weighted by atomic mass is 10.0. The van der Waals surface area contributed by atoms with Gasteiger partial charge in [0.1, 0.15) is 0 Å². The molecule has 2 N–H and O–H groups in total. The van der Waals surface area contributed by atoms with Gasteiger partial charge >= 0.3 is 5.69 Å². The van der Waals surface area contributed by atoms with Crippen LogP contribution in [0.4, 0.5) is 5.69 Å². The molecule has 8 heteroatoms. The highest BCUT2D eigenvalue weighted by Crippen LogP contribution is 2.16. The van der Waals surface area contributed by atoms with Gasteiger partial charge in [0.15, 0.2) is 5.65 Å². The summed E-state index contributed by atoms with van der Waals surface area (Å²) >= 11 is 0. The van der Waals surface area contributed by atoms with Gasteiger partial charge in [-0.15, -0.1) is 17.5 Å². The Hall–Kier alpha value is -2.64. The number of fused-ring (bicyclic) bond motifs is 1. The number of carbonyl (C=O) groups excluding carboxylic acids is 1. The Morgan fingerprint density at radius 3 is 2.93 bits per heavy atom. The lowest BCUT2D eigenvalue weighted by molar-refractivity contribution is -0.116. The summed E-state index contributed by atoms with van der Waals surface area (Å²) in [5, 5.41) is 10.6. The molecule has 1 aliphatic rings. The van der Waals surface area contributed by atoms with Crippen LogP contribution in [0.3, 0.4) is 0 Å². The Balaban J connectivity index is 0.00000225. The molecule has 1 aromatic carbocycles. The van der Waals surface area contributed by atoms with Crippen LogP contribution >= 0.6 is 12.4 Å². The number of halogens is 1. The monoisotopic (exact) mass is 401 g/mol. The van der Waals surface area contributed by atoms with Crippen LogP contribution in [-0.4, -0.2) is 33.2 Å². The van der Waals surface area contributed by atoms with Crippen LogP contribution in [0.25, 0.3) is 5.65 Å². The van der Waals surface area contributed by atoms with E-state index in [-0.39, 0.29) is 24.0 Å². The Bertz CT molecular complexity index is 1010. The number of pyridine rings is 1. The van der Waals surface area contributed by atoms with Crippen LogP contribution < -0.4 is 16.3 Å². The van der Waals surface area contributed by atoms with E-state index in [9.17, 15) is 9.59 Å². The second-order valence-electron chi connectivity index (χ2n) is 7.02. The maximum Gasteiger partial charge on any atom is 0.350 e. The molecule has 3 heterocycles. The molecule has 1 unspecified atom stereocenters. The van der Waals surface area contributed by atoms with Gasteiger partial charge < -0.3 is 10.6 Å². The highest BCUT2D eigenvalue weighted by Gasteiger charge is 2.15. The average molecular weight is 402 g/mol. The molecule has 0 spiro atoms. The number of aromatic nitrogens is 3. The Morgan fingerprint density at radius 2 is 2.14 bits per heavy atom. The number of rotatable bonds is 6. The first-order valence-electron chi connectivity index (χ1n) is 9.33. The predicted molar refractivity (Wildman–Crippen MR) is 111 cm³/mol. The number of anilines is 1. The minimum Gasteiger partial charge on any atom is -0.326 e. The van der Waals surface area contributed by atoms with Gasteiger partial charge in [0.05, 0.1) is 6.54 Å². The molecular formula is C20H24ClN5O2. The summed E-state index contributed by atoms with van der Waals surface area (Å²) in [4.78, 5) is 24.6. The third kappa shape index (κ3) is 4.61. The Morgan fingerprint density at radius 1 is 1.25 bits per heavy atom. The maximum absolute atomic E-state index is 12.4. The molecule has 2 aromatic heterocycles. The number of benzene rings is 1. The van der Waals surface area contributed by atoms with Crippen molar-refractivity contribution in [1.82, 2.24) is 19.5 Å². The van der Waals surface area contributed by atoms with Gasteiger partial charge in [0, 0.05) is 18.3 Å². The number of nitrogens with zero attached hydrogens (tertiary/aromatic N) is 3. The van der Waals surface area contributed by atoms with Gasteiger partial charge in [-0.1, -0.05) is 18.2 Å². The van der Waals surface area contributed by atoms with Crippen molar-refractivity contribution in [2.75, 3.05) is 18.4 Å². The average Bonchev–Trinajstić information content (AvgIpc) is 3.29. The normalized spacial score (nSPS) is 16.1. The second-order valence-corrected chi connectivity index (χ2v) is 7.02. The van der Waals surface area contributed by atoms with Gasteiger partial charge in [-0.25, -0.2) is 9.48 Å². The highest BCUT2D eigenvalue weighted by atomic mass is 35.5. The molecule has 0 radical (unpaired) electrons. The minimum absolute atomic E-state index is 0. The van der Waals surface area contributed by atoms with Crippen LogP contribution in [0, 0.1) is 5.92 Å². The molecule has 1 amide bonds. The number of carbonyl (C=O) groups is 1. The molecule has 1 saturated heterocycles. The van der Waals surface area contributed by atoms with Crippen molar-refractivity contribution >= 4 is 29.6 Å². The molecule has 1 fully saturated rings. The van der Waals surface area contributed by atoms with E-state index in [2.05, 4.69) is 15.7 Å². The van der Waals surface area contributed by atoms with Crippen molar-refractivity contribution in [1.29, 1.82) is 0 Å². The van der Waals surface area contributed by atoms with Crippen molar-refractivity contribution in [3.8, 4) is 0 Å². The van der Waals surface area contributed by atoms with Crippen molar-refractivity contribution in [3.05, 3.63) is 64.7 Å². The zero-order valence-corrected chi connectivity index (χ0v) is 16.3. The molecule has 7 nitrogen and oxygen atoms in total. The lowest BCUT2D eigenvalue weighted by Crippen LogP contribution is -2.21. The standard InChI is InChI=1S/C20H23N5O2.ClH/c26-19(8-7-15-9-10-21-13-15)22-17-5-3-4-16(12-17)14-25-20(27)24-11-2-1-6-18(24)23-25;/h1-6,11-12,15,21H,7-10,13-14H2,(H,22,26);1H.